The lowest BCUT2D eigenvalue weighted by atomic mass is 9.79. The first-order chi connectivity index (χ1) is 12.6. The maximum Gasteiger partial charge on any atom is 0.325 e. The number of carbonyl (C=O) groups is 2. The molecule has 0 bridgehead atoms. The molecule has 7 heteroatoms. The van der Waals surface area contributed by atoms with Gasteiger partial charge in [-0.3, -0.25) is 14.7 Å². The summed E-state index contributed by atoms with van der Waals surface area (Å²) in [6.45, 7) is 7.61. The number of pyridine rings is 1. The van der Waals surface area contributed by atoms with Crippen molar-refractivity contribution in [2.45, 2.75) is 57.4 Å². The summed E-state index contributed by atoms with van der Waals surface area (Å²) in [6.07, 6.45) is 2.08. The van der Waals surface area contributed by atoms with Gasteiger partial charge in [0.2, 0.25) is 0 Å². The molecule has 0 aliphatic carbocycles. The summed E-state index contributed by atoms with van der Waals surface area (Å²) in [5, 5.41) is 4.30. The Hall–Kier alpha value is -2.18. The van der Waals surface area contributed by atoms with E-state index in [4.69, 9.17) is 16.3 Å². The monoisotopic (exact) mass is 387 g/mol. The van der Waals surface area contributed by atoms with Crippen LogP contribution >= 0.6 is 11.6 Å². The molecule has 4 rings (SSSR count). The molecule has 1 N–H and O–H groups in total. The standard InChI is InChI=1S/C20H22ClN3O3/c1-18(2)11-20(19(3,4)27-18)16(25)24(17(26)23-20)10-13-14(21)8-7-12-6-5-9-22-15(12)13/h5-9H,10-11H2,1-4H3,(H,23,26). The summed E-state index contributed by atoms with van der Waals surface area (Å²) < 4.78 is 6.08. The van der Waals surface area contributed by atoms with Crippen LogP contribution in [0.2, 0.25) is 5.02 Å². The summed E-state index contributed by atoms with van der Waals surface area (Å²) in [5.74, 6) is -0.285. The molecule has 1 unspecified atom stereocenters. The Balaban J connectivity index is 1.74. The lowest BCUT2D eigenvalue weighted by Gasteiger charge is -2.33. The van der Waals surface area contributed by atoms with Gasteiger partial charge in [0.15, 0.2) is 5.54 Å². The summed E-state index contributed by atoms with van der Waals surface area (Å²) in [5.41, 5.74) is -1.07. The number of hydrogen-bond acceptors (Lipinski definition) is 4. The molecule has 1 aromatic heterocycles. The largest absolute Gasteiger partial charge is 0.367 e. The van der Waals surface area contributed by atoms with E-state index in [0.717, 1.165) is 5.39 Å². The molecule has 2 fully saturated rings. The van der Waals surface area contributed by atoms with Gasteiger partial charge < -0.3 is 10.1 Å². The minimum absolute atomic E-state index is 0.0656. The molecule has 2 aliphatic heterocycles. The summed E-state index contributed by atoms with van der Waals surface area (Å²) in [7, 11) is 0. The van der Waals surface area contributed by atoms with Gasteiger partial charge in [-0.1, -0.05) is 23.7 Å². The molecule has 142 valence electrons. The lowest BCUT2D eigenvalue weighted by molar-refractivity contribution is -0.138. The van der Waals surface area contributed by atoms with Gasteiger partial charge in [-0.2, -0.15) is 0 Å². The van der Waals surface area contributed by atoms with Crippen molar-refractivity contribution in [1.29, 1.82) is 0 Å². The van der Waals surface area contributed by atoms with E-state index in [1.54, 1.807) is 12.3 Å². The van der Waals surface area contributed by atoms with Crippen LogP contribution in [0.25, 0.3) is 10.9 Å². The zero-order valence-electron chi connectivity index (χ0n) is 15.8. The fourth-order valence-electron chi connectivity index (χ4n) is 4.45. The molecule has 27 heavy (non-hydrogen) atoms. The number of imide groups is 1. The first-order valence-corrected chi connectivity index (χ1v) is 9.31. The molecule has 6 nitrogen and oxygen atoms in total. The molecule has 0 saturated carbocycles. The maximum atomic E-state index is 13.4. The van der Waals surface area contributed by atoms with Crippen LogP contribution in [-0.4, -0.2) is 38.6 Å². The van der Waals surface area contributed by atoms with Crippen molar-refractivity contribution in [3.05, 3.63) is 41.0 Å². The van der Waals surface area contributed by atoms with Crippen molar-refractivity contribution in [1.82, 2.24) is 15.2 Å². The number of hydrogen-bond donors (Lipinski definition) is 1. The maximum absolute atomic E-state index is 13.4. The molecule has 3 heterocycles. The highest BCUT2D eigenvalue weighted by molar-refractivity contribution is 6.32. The molecule has 2 aromatic rings. The van der Waals surface area contributed by atoms with Gasteiger partial charge >= 0.3 is 6.03 Å². The zero-order valence-corrected chi connectivity index (χ0v) is 16.6. The molecule has 2 saturated heterocycles. The van der Waals surface area contributed by atoms with Gasteiger partial charge in [-0.15, -0.1) is 0 Å². The number of benzene rings is 1. The van der Waals surface area contributed by atoms with Crippen LogP contribution in [0.15, 0.2) is 30.5 Å². The summed E-state index contributed by atoms with van der Waals surface area (Å²) in [6, 6.07) is 6.96. The molecule has 1 atom stereocenters. The first kappa shape index (κ1) is 18.2. The van der Waals surface area contributed by atoms with E-state index in [1.807, 2.05) is 45.9 Å². The average Bonchev–Trinajstić information content (AvgIpc) is 2.92. The molecule has 0 radical (unpaired) electrons. The second-order valence-electron chi connectivity index (χ2n) is 8.38. The number of rotatable bonds is 2. The number of halogens is 1. The van der Waals surface area contributed by atoms with E-state index >= 15 is 0 Å². The first-order valence-electron chi connectivity index (χ1n) is 8.93. The highest BCUT2D eigenvalue weighted by Crippen LogP contribution is 2.48. The van der Waals surface area contributed by atoms with Crippen LogP contribution in [0.5, 0.6) is 0 Å². The van der Waals surface area contributed by atoms with E-state index in [1.165, 1.54) is 4.90 Å². The van der Waals surface area contributed by atoms with Crippen molar-refractivity contribution in [3.8, 4) is 0 Å². The number of carbonyl (C=O) groups excluding carboxylic acids is 2. The van der Waals surface area contributed by atoms with Gasteiger partial charge in [-0.05, 0) is 39.8 Å². The second-order valence-corrected chi connectivity index (χ2v) is 8.78. The number of ether oxygens (including phenoxy) is 1. The Morgan fingerprint density at radius 3 is 2.63 bits per heavy atom. The number of aromatic nitrogens is 1. The predicted octanol–water partition coefficient (Wildman–Crippen LogP) is 3.66. The molecule has 3 amide bonds. The summed E-state index contributed by atoms with van der Waals surface area (Å²) >= 11 is 6.40. The zero-order chi connectivity index (χ0) is 19.6. The van der Waals surface area contributed by atoms with E-state index in [9.17, 15) is 9.59 Å². The van der Waals surface area contributed by atoms with Crippen LogP contribution in [-0.2, 0) is 16.1 Å². The normalized spacial score (nSPS) is 26.2. The molecule has 2 aliphatic rings. The third kappa shape index (κ3) is 2.62. The van der Waals surface area contributed by atoms with E-state index in [0.29, 0.717) is 22.5 Å². The average molecular weight is 388 g/mol. The smallest absolute Gasteiger partial charge is 0.325 e. The molecule has 1 aromatic carbocycles. The summed E-state index contributed by atoms with van der Waals surface area (Å²) in [4.78, 5) is 31.8. The Morgan fingerprint density at radius 1 is 1.22 bits per heavy atom. The Labute approximate surface area is 162 Å². The van der Waals surface area contributed by atoms with E-state index in [-0.39, 0.29) is 12.5 Å². The van der Waals surface area contributed by atoms with Crippen LogP contribution in [0.3, 0.4) is 0 Å². The SMILES string of the molecule is CC1(C)CC2(NC(=O)N(Cc3c(Cl)ccc4cccnc34)C2=O)C(C)(C)O1. The topological polar surface area (TPSA) is 71.5 Å². The molecule has 1 spiro atoms. The third-order valence-corrected chi connectivity index (χ3v) is 5.92. The highest BCUT2D eigenvalue weighted by atomic mass is 35.5. The van der Waals surface area contributed by atoms with Crippen molar-refractivity contribution in [2.24, 2.45) is 0 Å². The van der Waals surface area contributed by atoms with E-state index in [2.05, 4.69) is 10.3 Å². The number of urea groups is 1. The van der Waals surface area contributed by atoms with E-state index < -0.39 is 22.8 Å². The predicted molar refractivity (Wildman–Crippen MR) is 102 cm³/mol. The van der Waals surface area contributed by atoms with Gasteiger partial charge in [0.25, 0.3) is 5.91 Å². The van der Waals surface area contributed by atoms with Crippen molar-refractivity contribution in [3.63, 3.8) is 0 Å². The van der Waals surface area contributed by atoms with Crippen molar-refractivity contribution >= 4 is 34.4 Å². The minimum Gasteiger partial charge on any atom is -0.367 e. The van der Waals surface area contributed by atoms with Crippen LogP contribution in [0, 0.1) is 0 Å². The fraction of sp³-hybridized carbons (Fsp3) is 0.450. The Bertz CT molecular complexity index is 972. The quantitative estimate of drug-likeness (QED) is 0.798. The van der Waals surface area contributed by atoms with Gasteiger partial charge in [0.05, 0.1) is 23.3 Å². The van der Waals surface area contributed by atoms with Crippen LogP contribution in [0.4, 0.5) is 4.79 Å². The van der Waals surface area contributed by atoms with Gasteiger partial charge in [0.1, 0.15) is 0 Å². The number of amides is 3. The lowest BCUT2D eigenvalue weighted by Crippen LogP contribution is -2.59. The van der Waals surface area contributed by atoms with Gasteiger partial charge in [0, 0.05) is 28.6 Å². The van der Waals surface area contributed by atoms with Crippen LogP contribution in [0.1, 0.15) is 39.7 Å². The van der Waals surface area contributed by atoms with Gasteiger partial charge in [-0.25, -0.2) is 4.79 Å². The van der Waals surface area contributed by atoms with Crippen molar-refractivity contribution < 1.29 is 14.3 Å². The van der Waals surface area contributed by atoms with Crippen molar-refractivity contribution in [2.75, 3.05) is 0 Å². The highest BCUT2D eigenvalue weighted by Gasteiger charge is 2.67. The second kappa shape index (κ2) is 5.66. The number of fused-ring (bicyclic) bond motifs is 1. The Kier molecular flexibility index (Phi) is 3.81. The minimum atomic E-state index is -1.09. The Morgan fingerprint density at radius 2 is 1.96 bits per heavy atom. The fourth-order valence-corrected chi connectivity index (χ4v) is 4.66. The van der Waals surface area contributed by atoms with Crippen LogP contribution < -0.4 is 5.32 Å². The molecular formula is C20H22ClN3O3. The molecular weight excluding hydrogens is 366 g/mol. The number of nitrogens with one attached hydrogen (secondary N) is 1. The number of nitrogens with zero attached hydrogens (tertiary/aromatic N) is 2. The third-order valence-electron chi connectivity index (χ3n) is 5.56.